The minimum absolute atomic E-state index is 0.114. The van der Waals surface area contributed by atoms with Crippen LogP contribution in [0.1, 0.15) is 17.2 Å². The van der Waals surface area contributed by atoms with Crippen LogP contribution in [0.3, 0.4) is 0 Å². The third-order valence-electron chi connectivity index (χ3n) is 2.51. The Morgan fingerprint density at radius 2 is 1.44 bits per heavy atom. The van der Waals surface area contributed by atoms with Crippen molar-refractivity contribution < 1.29 is 9.50 Å². The van der Waals surface area contributed by atoms with Gasteiger partial charge >= 0.3 is 0 Å². The quantitative estimate of drug-likeness (QED) is 0.839. The van der Waals surface area contributed by atoms with Gasteiger partial charge < -0.3 is 5.11 Å². The van der Waals surface area contributed by atoms with E-state index in [1.54, 1.807) is 12.1 Å². The first-order valence-electron chi connectivity index (χ1n) is 5.07. The summed E-state index contributed by atoms with van der Waals surface area (Å²) in [6.45, 7) is 0. The maximum atomic E-state index is 13.7. The molecule has 1 nitrogen and oxygen atoms in total. The highest BCUT2D eigenvalue weighted by Gasteiger charge is 2.18. The lowest BCUT2D eigenvalue weighted by atomic mass is 10.0. The Morgan fingerprint density at radius 3 is 2.00 bits per heavy atom. The van der Waals surface area contributed by atoms with Gasteiger partial charge in [0.05, 0.1) is 0 Å². The molecule has 1 N–H and O–H groups in total. The Bertz CT molecular complexity index is 535. The molecular formula is C13H8Cl3FO. The second-order valence-electron chi connectivity index (χ2n) is 3.73. The summed E-state index contributed by atoms with van der Waals surface area (Å²) in [7, 11) is 0. The van der Waals surface area contributed by atoms with Crippen molar-refractivity contribution >= 4 is 34.8 Å². The van der Waals surface area contributed by atoms with Crippen LogP contribution in [0.4, 0.5) is 4.39 Å². The Labute approximate surface area is 119 Å². The van der Waals surface area contributed by atoms with Gasteiger partial charge in [0, 0.05) is 26.2 Å². The van der Waals surface area contributed by atoms with Gasteiger partial charge in [-0.15, -0.1) is 0 Å². The molecule has 0 radical (unpaired) electrons. The fraction of sp³-hybridized carbons (Fsp3) is 0.0769. The molecule has 2 aromatic carbocycles. The van der Waals surface area contributed by atoms with Gasteiger partial charge in [0.25, 0.3) is 0 Å². The summed E-state index contributed by atoms with van der Waals surface area (Å²) in [5.41, 5.74) is 0.505. The highest BCUT2D eigenvalue weighted by Crippen LogP contribution is 2.32. The van der Waals surface area contributed by atoms with Crippen molar-refractivity contribution in [1.82, 2.24) is 0 Å². The van der Waals surface area contributed by atoms with Crippen molar-refractivity contribution in [3.63, 3.8) is 0 Å². The van der Waals surface area contributed by atoms with Crippen LogP contribution >= 0.6 is 34.8 Å². The van der Waals surface area contributed by atoms with Crippen molar-refractivity contribution in [3.05, 3.63) is 68.4 Å². The minimum atomic E-state index is -1.16. The van der Waals surface area contributed by atoms with E-state index in [0.717, 1.165) is 6.07 Å². The Kier molecular flexibility index (Phi) is 4.13. The maximum Gasteiger partial charge on any atom is 0.130 e. The molecular weight excluding hydrogens is 297 g/mol. The third kappa shape index (κ3) is 2.78. The molecule has 0 bridgehead atoms. The number of benzene rings is 2. The van der Waals surface area contributed by atoms with Crippen molar-refractivity contribution in [2.24, 2.45) is 0 Å². The summed E-state index contributed by atoms with van der Waals surface area (Å²) in [4.78, 5) is 0. The van der Waals surface area contributed by atoms with Crippen LogP contribution in [-0.4, -0.2) is 5.11 Å². The Balaban J connectivity index is 2.44. The van der Waals surface area contributed by atoms with E-state index in [4.69, 9.17) is 34.8 Å². The predicted molar refractivity (Wildman–Crippen MR) is 71.9 cm³/mol. The molecule has 0 saturated carbocycles. The Hall–Kier alpha value is -0.800. The predicted octanol–water partition coefficient (Wildman–Crippen LogP) is 4.87. The maximum absolute atomic E-state index is 13.7. The molecule has 1 atom stereocenters. The molecule has 0 saturated heterocycles. The molecule has 1 unspecified atom stereocenters. The van der Waals surface area contributed by atoms with E-state index in [9.17, 15) is 9.50 Å². The molecule has 5 heteroatoms. The van der Waals surface area contributed by atoms with Crippen molar-refractivity contribution in [1.29, 1.82) is 0 Å². The zero-order valence-corrected chi connectivity index (χ0v) is 11.3. The zero-order valence-electron chi connectivity index (χ0n) is 9.00. The molecule has 18 heavy (non-hydrogen) atoms. The molecule has 0 fully saturated rings. The smallest absolute Gasteiger partial charge is 0.130 e. The second kappa shape index (κ2) is 5.45. The van der Waals surface area contributed by atoms with Crippen molar-refractivity contribution in [2.75, 3.05) is 0 Å². The highest BCUT2D eigenvalue weighted by molar-refractivity contribution is 6.35. The van der Waals surface area contributed by atoms with E-state index in [1.807, 2.05) is 0 Å². The van der Waals surface area contributed by atoms with Crippen LogP contribution in [0.25, 0.3) is 0 Å². The first-order chi connectivity index (χ1) is 8.49. The molecule has 0 spiro atoms. The van der Waals surface area contributed by atoms with Gasteiger partial charge in [-0.1, -0.05) is 46.9 Å². The largest absolute Gasteiger partial charge is 0.383 e. The number of halogens is 4. The molecule has 2 aromatic rings. The number of hydrogen-bond acceptors (Lipinski definition) is 1. The van der Waals surface area contributed by atoms with E-state index >= 15 is 0 Å². The van der Waals surface area contributed by atoms with Gasteiger partial charge in [0.2, 0.25) is 0 Å². The molecule has 0 aliphatic heterocycles. The van der Waals surface area contributed by atoms with Gasteiger partial charge in [0.1, 0.15) is 11.9 Å². The number of aliphatic hydroxyl groups is 1. The number of aliphatic hydroxyl groups excluding tert-OH is 1. The fourth-order valence-electron chi connectivity index (χ4n) is 1.61. The lowest BCUT2D eigenvalue weighted by molar-refractivity contribution is 0.215. The third-order valence-corrected chi connectivity index (χ3v) is 3.31. The van der Waals surface area contributed by atoms with Crippen molar-refractivity contribution in [2.45, 2.75) is 6.10 Å². The normalized spacial score (nSPS) is 12.5. The van der Waals surface area contributed by atoms with E-state index < -0.39 is 11.9 Å². The molecule has 94 valence electrons. The molecule has 0 aromatic heterocycles. The number of hydrogen-bond donors (Lipinski definition) is 1. The highest BCUT2D eigenvalue weighted by atomic mass is 35.5. The van der Waals surface area contributed by atoms with Gasteiger partial charge in [0.15, 0.2) is 0 Å². The van der Waals surface area contributed by atoms with Gasteiger partial charge in [-0.25, -0.2) is 4.39 Å². The van der Waals surface area contributed by atoms with Crippen LogP contribution in [0.15, 0.2) is 36.4 Å². The summed E-state index contributed by atoms with van der Waals surface area (Å²) in [6, 6.07) is 8.71. The van der Waals surface area contributed by atoms with Crippen LogP contribution in [0.5, 0.6) is 0 Å². The minimum Gasteiger partial charge on any atom is -0.383 e. The SMILES string of the molecule is OC(c1ccc(Cl)cc1F)c1ccc(Cl)cc1Cl. The molecule has 0 amide bonds. The average molecular weight is 306 g/mol. The first kappa shape index (κ1) is 13.6. The van der Waals surface area contributed by atoms with E-state index in [2.05, 4.69) is 0 Å². The second-order valence-corrected chi connectivity index (χ2v) is 5.01. The molecule has 0 aliphatic carbocycles. The summed E-state index contributed by atoms with van der Waals surface area (Å²) in [5.74, 6) is -0.582. The van der Waals surface area contributed by atoms with E-state index in [1.165, 1.54) is 18.2 Å². The molecule has 2 rings (SSSR count). The summed E-state index contributed by atoms with van der Waals surface area (Å²) < 4.78 is 13.7. The van der Waals surface area contributed by atoms with E-state index in [0.29, 0.717) is 10.6 Å². The molecule has 0 heterocycles. The van der Waals surface area contributed by atoms with Gasteiger partial charge in [-0.05, 0) is 24.3 Å². The first-order valence-corrected chi connectivity index (χ1v) is 6.20. The Morgan fingerprint density at radius 1 is 0.889 bits per heavy atom. The lowest BCUT2D eigenvalue weighted by Gasteiger charge is -2.14. The van der Waals surface area contributed by atoms with E-state index in [-0.39, 0.29) is 15.6 Å². The van der Waals surface area contributed by atoms with Gasteiger partial charge in [-0.3, -0.25) is 0 Å². The standard InChI is InChI=1S/C13H8Cl3FO/c14-7-1-3-9(11(16)5-7)13(18)10-4-2-8(15)6-12(10)17/h1-6,13,18H. The zero-order chi connectivity index (χ0) is 13.3. The average Bonchev–Trinajstić information content (AvgIpc) is 2.28. The fourth-order valence-corrected chi connectivity index (χ4v) is 2.28. The van der Waals surface area contributed by atoms with Crippen LogP contribution < -0.4 is 0 Å². The monoisotopic (exact) mass is 304 g/mol. The van der Waals surface area contributed by atoms with Gasteiger partial charge in [-0.2, -0.15) is 0 Å². The summed E-state index contributed by atoms with van der Waals surface area (Å²) >= 11 is 17.4. The van der Waals surface area contributed by atoms with Crippen LogP contribution in [0, 0.1) is 5.82 Å². The van der Waals surface area contributed by atoms with Crippen LogP contribution in [-0.2, 0) is 0 Å². The lowest BCUT2D eigenvalue weighted by Crippen LogP contribution is -2.03. The summed E-state index contributed by atoms with van der Waals surface area (Å²) in [5, 5.41) is 11.1. The molecule has 0 aliphatic rings. The number of rotatable bonds is 2. The topological polar surface area (TPSA) is 20.2 Å². The van der Waals surface area contributed by atoms with Crippen molar-refractivity contribution in [3.8, 4) is 0 Å². The summed E-state index contributed by atoms with van der Waals surface area (Å²) in [6.07, 6.45) is -1.16. The van der Waals surface area contributed by atoms with Crippen LogP contribution in [0.2, 0.25) is 15.1 Å².